The molecule has 4 aromatic rings. The Morgan fingerprint density at radius 1 is 1.24 bits per heavy atom. The number of carboxylic acids is 1. The van der Waals surface area contributed by atoms with Gasteiger partial charge in [0.25, 0.3) is 0 Å². The maximum Gasteiger partial charge on any atom is 0.342 e. The third-order valence-electron chi connectivity index (χ3n) is 4.36. The summed E-state index contributed by atoms with van der Waals surface area (Å²) in [4.78, 5) is 16.1. The lowest BCUT2D eigenvalue weighted by Crippen LogP contribution is -1.98. The highest BCUT2D eigenvalue weighted by molar-refractivity contribution is 8.04. The fraction of sp³-hybridized carbons (Fsp3) is 0.0952. The molecule has 2 aromatic heterocycles. The third kappa shape index (κ3) is 4.36. The van der Waals surface area contributed by atoms with Crippen LogP contribution in [0.25, 0.3) is 17.0 Å². The van der Waals surface area contributed by atoms with E-state index in [0.717, 1.165) is 33.8 Å². The highest BCUT2D eigenvalue weighted by Gasteiger charge is 2.15. The molecule has 2 heterocycles. The second-order valence-corrected chi connectivity index (χ2v) is 7.92. The van der Waals surface area contributed by atoms with Gasteiger partial charge in [0.05, 0.1) is 0 Å². The molecule has 0 fully saturated rings. The van der Waals surface area contributed by atoms with Crippen molar-refractivity contribution in [2.24, 2.45) is 0 Å². The summed E-state index contributed by atoms with van der Waals surface area (Å²) in [6.07, 6.45) is 3.63. The van der Waals surface area contributed by atoms with Gasteiger partial charge in [0.15, 0.2) is 0 Å². The van der Waals surface area contributed by atoms with Crippen molar-refractivity contribution in [3.63, 3.8) is 0 Å². The van der Waals surface area contributed by atoms with E-state index in [2.05, 4.69) is 19.7 Å². The molecule has 0 aliphatic heterocycles. The number of H-pyrrole nitrogens is 1. The predicted molar refractivity (Wildman–Crippen MR) is 115 cm³/mol. The Bertz CT molecular complexity index is 1210. The number of benzene rings is 2. The molecule has 6 nitrogen and oxygen atoms in total. The van der Waals surface area contributed by atoms with E-state index in [4.69, 9.17) is 11.6 Å². The number of aromatic nitrogens is 4. The first kappa shape index (κ1) is 19.3. The van der Waals surface area contributed by atoms with Crippen LogP contribution >= 0.6 is 23.4 Å². The molecular weight excluding hydrogens is 408 g/mol. The first-order valence-corrected chi connectivity index (χ1v) is 10.0. The molecule has 0 saturated heterocycles. The Morgan fingerprint density at radius 3 is 2.69 bits per heavy atom. The lowest BCUT2D eigenvalue weighted by atomic mass is 10.1. The summed E-state index contributed by atoms with van der Waals surface area (Å²) < 4.78 is 2.10. The molecule has 0 aliphatic carbocycles. The van der Waals surface area contributed by atoms with Gasteiger partial charge in [0.2, 0.25) is 5.16 Å². The number of aromatic amines is 1. The summed E-state index contributed by atoms with van der Waals surface area (Å²) in [5, 5.41) is 18.5. The van der Waals surface area contributed by atoms with E-state index in [-0.39, 0.29) is 4.91 Å². The van der Waals surface area contributed by atoms with E-state index in [1.54, 1.807) is 13.0 Å². The van der Waals surface area contributed by atoms with E-state index < -0.39 is 5.97 Å². The fourth-order valence-corrected chi connectivity index (χ4v) is 3.92. The minimum Gasteiger partial charge on any atom is -0.477 e. The molecule has 29 heavy (non-hydrogen) atoms. The predicted octanol–water partition coefficient (Wildman–Crippen LogP) is 4.99. The monoisotopic (exact) mass is 424 g/mol. The van der Waals surface area contributed by atoms with Gasteiger partial charge in [0.1, 0.15) is 10.7 Å². The first-order chi connectivity index (χ1) is 14.0. The summed E-state index contributed by atoms with van der Waals surface area (Å²) in [6.45, 7) is 2.42. The number of aliphatic carboxylic acids is 1. The number of nitrogens with one attached hydrogen (secondary N) is 1. The Balaban J connectivity index is 1.73. The zero-order valence-corrected chi connectivity index (χ0v) is 17.0. The number of hydrogen-bond donors (Lipinski definition) is 2. The number of nitrogens with zero attached hydrogens (tertiary/aromatic N) is 3. The van der Waals surface area contributed by atoms with E-state index >= 15 is 0 Å². The standard InChI is InChI=1S/C21H17ClN4O2S/c1-13-23-21(25-24-13)29-19(20(27)28)10-15-12-26(18-5-3-2-4-17(15)18)11-14-6-8-16(22)9-7-14/h2-10,12H,11H2,1H3,(H,27,28)(H,23,24,25)/b19-10-. The van der Waals surface area contributed by atoms with Gasteiger partial charge in [-0.1, -0.05) is 41.9 Å². The number of para-hydroxylation sites is 1. The molecule has 0 radical (unpaired) electrons. The summed E-state index contributed by atoms with van der Waals surface area (Å²) in [7, 11) is 0. The Labute approximate surface area is 176 Å². The van der Waals surface area contributed by atoms with Crippen LogP contribution in [0.15, 0.2) is 64.8 Å². The van der Waals surface area contributed by atoms with Crippen molar-refractivity contribution in [3.05, 3.63) is 81.6 Å². The summed E-state index contributed by atoms with van der Waals surface area (Å²) in [5.41, 5.74) is 2.96. The average molecular weight is 425 g/mol. The highest BCUT2D eigenvalue weighted by Crippen LogP contribution is 2.30. The van der Waals surface area contributed by atoms with Crippen LogP contribution in [-0.4, -0.2) is 30.8 Å². The molecule has 8 heteroatoms. The van der Waals surface area contributed by atoms with E-state index in [1.165, 1.54) is 0 Å². The second-order valence-electron chi connectivity index (χ2n) is 6.48. The topological polar surface area (TPSA) is 83.8 Å². The van der Waals surface area contributed by atoms with Gasteiger partial charge < -0.3 is 9.67 Å². The molecule has 0 unspecified atom stereocenters. The number of halogens is 1. The molecule has 4 rings (SSSR count). The van der Waals surface area contributed by atoms with Crippen LogP contribution in [0.5, 0.6) is 0 Å². The molecule has 0 spiro atoms. The zero-order chi connectivity index (χ0) is 20.4. The smallest absolute Gasteiger partial charge is 0.342 e. The number of carbonyl (C=O) groups is 1. The van der Waals surface area contributed by atoms with Crippen molar-refractivity contribution in [1.29, 1.82) is 0 Å². The van der Waals surface area contributed by atoms with Crippen LogP contribution in [0.2, 0.25) is 5.02 Å². The van der Waals surface area contributed by atoms with Crippen molar-refractivity contribution < 1.29 is 9.90 Å². The van der Waals surface area contributed by atoms with Crippen LogP contribution in [0, 0.1) is 6.92 Å². The van der Waals surface area contributed by atoms with Gasteiger partial charge in [-0.15, -0.1) is 5.10 Å². The molecule has 0 aliphatic rings. The zero-order valence-electron chi connectivity index (χ0n) is 15.5. The molecule has 0 atom stereocenters. The van der Waals surface area contributed by atoms with Gasteiger partial charge >= 0.3 is 5.97 Å². The number of carboxylic acid groups (broad SMARTS) is 1. The van der Waals surface area contributed by atoms with E-state index in [0.29, 0.717) is 22.5 Å². The quantitative estimate of drug-likeness (QED) is 0.336. The lowest BCUT2D eigenvalue weighted by molar-refractivity contribution is -0.131. The summed E-state index contributed by atoms with van der Waals surface area (Å²) in [6, 6.07) is 15.6. The number of rotatable bonds is 6. The fourth-order valence-electron chi connectivity index (χ4n) is 3.05. The van der Waals surface area contributed by atoms with Gasteiger partial charge in [-0.2, -0.15) is 0 Å². The van der Waals surface area contributed by atoms with E-state index in [9.17, 15) is 9.90 Å². The van der Waals surface area contributed by atoms with Gasteiger partial charge in [-0.25, -0.2) is 9.78 Å². The molecular formula is C21H17ClN4O2S. The number of hydrogen-bond acceptors (Lipinski definition) is 4. The SMILES string of the molecule is Cc1nc(S/C(=C\c2cn(Cc3ccc(Cl)cc3)c3ccccc23)C(=O)O)n[nH]1. The molecule has 146 valence electrons. The van der Waals surface area contributed by atoms with Gasteiger partial charge in [-0.05, 0) is 48.5 Å². The molecule has 2 N–H and O–H groups in total. The van der Waals surface area contributed by atoms with Crippen molar-refractivity contribution in [3.8, 4) is 0 Å². The van der Waals surface area contributed by atoms with Crippen LogP contribution < -0.4 is 0 Å². The maximum absolute atomic E-state index is 11.8. The Hall–Kier alpha value is -3.03. The molecule has 2 aromatic carbocycles. The van der Waals surface area contributed by atoms with Crippen molar-refractivity contribution >= 4 is 46.3 Å². The number of fused-ring (bicyclic) bond motifs is 1. The minimum absolute atomic E-state index is 0.151. The van der Waals surface area contributed by atoms with Gasteiger partial charge in [0, 0.05) is 34.2 Å². The van der Waals surface area contributed by atoms with Crippen LogP contribution in [-0.2, 0) is 11.3 Å². The molecule has 0 bridgehead atoms. The Morgan fingerprint density at radius 2 is 2.00 bits per heavy atom. The largest absolute Gasteiger partial charge is 0.477 e. The maximum atomic E-state index is 11.8. The van der Waals surface area contributed by atoms with Crippen molar-refractivity contribution in [2.45, 2.75) is 18.6 Å². The van der Waals surface area contributed by atoms with Crippen LogP contribution in [0.4, 0.5) is 0 Å². The molecule has 0 saturated carbocycles. The van der Waals surface area contributed by atoms with Crippen LogP contribution in [0.1, 0.15) is 17.0 Å². The summed E-state index contributed by atoms with van der Waals surface area (Å²) >= 11 is 7.00. The minimum atomic E-state index is -1.02. The van der Waals surface area contributed by atoms with Gasteiger partial charge in [-0.3, -0.25) is 5.10 Å². The summed E-state index contributed by atoms with van der Waals surface area (Å²) in [5.74, 6) is -0.385. The average Bonchev–Trinajstić information content (AvgIpc) is 3.27. The molecule has 0 amide bonds. The highest BCUT2D eigenvalue weighted by atomic mass is 35.5. The van der Waals surface area contributed by atoms with Crippen molar-refractivity contribution in [2.75, 3.05) is 0 Å². The van der Waals surface area contributed by atoms with E-state index in [1.807, 2.05) is 54.7 Å². The lowest BCUT2D eigenvalue weighted by Gasteiger charge is -2.05. The number of thioether (sulfide) groups is 1. The first-order valence-electron chi connectivity index (χ1n) is 8.84. The number of aryl methyl sites for hydroxylation is 1. The Kier molecular flexibility index (Phi) is 5.42. The van der Waals surface area contributed by atoms with Crippen molar-refractivity contribution in [1.82, 2.24) is 19.7 Å². The normalized spacial score (nSPS) is 11.9. The third-order valence-corrected chi connectivity index (χ3v) is 5.49. The second kappa shape index (κ2) is 8.14. The van der Waals surface area contributed by atoms with Crippen LogP contribution in [0.3, 0.4) is 0 Å².